The summed E-state index contributed by atoms with van der Waals surface area (Å²) in [4.78, 5) is 23.0. The third-order valence-electron chi connectivity index (χ3n) is 3.14. The van der Waals surface area contributed by atoms with Crippen molar-refractivity contribution in [3.05, 3.63) is 69.6 Å². The maximum atomic E-state index is 11.5. The van der Waals surface area contributed by atoms with Crippen molar-refractivity contribution in [2.45, 2.75) is 6.61 Å². The zero-order chi connectivity index (χ0) is 16.2. The van der Waals surface area contributed by atoms with Crippen molar-refractivity contribution in [2.24, 2.45) is 0 Å². The van der Waals surface area contributed by atoms with E-state index in [9.17, 15) is 9.59 Å². The molecule has 1 aliphatic rings. The highest BCUT2D eigenvalue weighted by molar-refractivity contribution is 8.18. The van der Waals surface area contributed by atoms with E-state index in [4.69, 9.17) is 16.3 Å². The second kappa shape index (κ2) is 6.89. The molecule has 0 spiro atoms. The smallest absolute Gasteiger partial charge is 0.290 e. The van der Waals surface area contributed by atoms with E-state index in [1.165, 1.54) is 0 Å². The first-order valence-electron chi connectivity index (χ1n) is 6.82. The van der Waals surface area contributed by atoms with E-state index in [0.29, 0.717) is 16.5 Å². The molecule has 0 atom stereocenters. The lowest BCUT2D eigenvalue weighted by Crippen LogP contribution is -2.17. The lowest BCUT2D eigenvalue weighted by Gasteiger charge is -2.06. The van der Waals surface area contributed by atoms with Crippen molar-refractivity contribution in [3.63, 3.8) is 0 Å². The minimum absolute atomic E-state index is 0.343. The van der Waals surface area contributed by atoms with Gasteiger partial charge >= 0.3 is 0 Å². The third kappa shape index (κ3) is 4.15. The molecular weight excluding hydrogens is 334 g/mol. The van der Waals surface area contributed by atoms with Crippen LogP contribution in [-0.2, 0) is 11.4 Å². The summed E-state index contributed by atoms with van der Waals surface area (Å²) in [6, 6.07) is 14.8. The van der Waals surface area contributed by atoms with Crippen LogP contribution in [0.5, 0.6) is 5.75 Å². The van der Waals surface area contributed by atoms with Crippen molar-refractivity contribution in [1.29, 1.82) is 0 Å². The normalized spacial score (nSPS) is 15.8. The molecule has 0 aromatic heterocycles. The predicted molar refractivity (Wildman–Crippen MR) is 91.3 cm³/mol. The van der Waals surface area contributed by atoms with Crippen molar-refractivity contribution < 1.29 is 14.3 Å². The van der Waals surface area contributed by atoms with Crippen LogP contribution in [-0.4, -0.2) is 11.1 Å². The molecule has 2 aromatic rings. The molecule has 1 heterocycles. The molecule has 0 saturated carbocycles. The number of hydrogen-bond donors (Lipinski definition) is 1. The molecule has 3 rings (SSSR count). The number of thioether (sulfide) groups is 1. The number of hydrogen-bond acceptors (Lipinski definition) is 4. The first-order chi connectivity index (χ1) is 11.1. The minimum atomic E-state index is -0.358. The maximum Gasteiger partial charge on any atom is 0.290 e. The molecule has 0 unspecified atom stereocenters. The fraction of sp³-hybridized carbons (Fsp3) is 0.0588. The fourth-order valence-electron chi connectivity index (χ4n) is 1.98. The zero-order valence-electron chi connectivity index (χ0n) is 11.9. The first kappa shape index (κ1) is 15.6. The summed E-state index contributed by atoms with van der Waals surface area (Å²) in [5.41, 5.74) is 1.86. The molecule has 1 aliphatic heterocycles. The van der Waals surface area contributed by atoms with Gasteiger partial charge in [0.15, 0.2) is 0 Å². The summed E-state index contributed by atoms with van der Waals surface area (Å²) in [7, 11) is 0. The highest BCUT2D eigenvalue weighted by Crippen LogP contribution is 2.26. The van der Waals surface area contributed by atoms with Gasteiger partial charge in [-0.2, -0.15) is 0 Å². The largest absolute Gasteiger partial charge is 0.489 e. The number of benzene rings is 2. The summed E-state index contributed by atoms with van der Waals surface area (Å²) in [5, 5.41) is 2.57. The Balaban J connectivity index is 1.63. The lowest BCUT2D eigenvalue weighted by molar-refractivity contribution is -0.115. The summed E-state index contributed by atoms with van der Waals surface area (Å²) in [5.74, 6) is 0.366. The van der Waals surface area contributed by atoms with Gasteiger partial charge in [-0.15, -0.1) is 0 Å². The number of imide groups is 1. The first-order valence-corrected chi connectivity index (χ1v) is 8.02. The predicted octanol–water partition coefficient (Wildman–Crippen LogP) is 4.24. The van der Waals surface area contributed by atoms with Crippen LogP contribution in [0.25, 0.3) is 6.08 Å². The Hall–Kier alpha value is -2.24. The van der Waals surface area contributed by atoms with Gasteiger partial charge in [-0.25, -0.2) is 0 Å². The summed E-state index contributed by atoms with van der Waals surface area (Å²) < 4.78 is 5.69. The molecule has 1 N–H and O–H groups in total. The minimum Gasteiger partial charge on any atom is -0.489 e. The Labute approximate surface area is 142 Å². The van der Waals surface area contributed by atoms with Gasteiger partial charge in [0.05, 0.1) is 4.91 Å². The van der Waals surface area contributed by atoms with Crippen LogP contribution >= 0.6 is 23.4 Å². The summed E-state index contributed by atoms with van der Waals surface area (Å²) in [6.07, 6.45) is 1.67. The van der Waals surface area contributed by atoms with E-state index < -0.39 is 0 Å². The maximum absolute atomic E-state index is 11.5. The second-order valence-corrected chi connectivity index (χ2v) is 6.29. The van der Waals surface area contributed by atoms with E-state index in [1.54, 1.807) is 6.08 Å². The van der Waals surface area contributed by atoms with E-state index >= 15 is 0 Å². The number of rotatable bonds is 4. The molecule has 0 bridgehead atoms. The average Bonchev–Trinajstić information content (AvgIpc) is 2.86. The van der Waals surface area contributed by atoms with Crippen LogP contribution in [0.1, 0.15) is 11.1 Å². The molecular formula is C17H12ClNO3S. The van der Waals surface area contributed by atoms with Gasteiger partial charge in [0.2, 0.25) is 0 Å². The highest BCUT2D eigenvalue weighted by Gasteiger charge is 2.24. The number of ether oxygens (including phenoxy) is 1. The van der Waals surface area contributed by atoms with Crippen LogP contribution in [0.4, 0.5) is 4.79 Å². The van der Waals surface area contributed by atoms with Crippen molar-refractivity contribution in [2.75, 3.05) is 0 Å². The monoisotopic (exact) mass is 345 g/mol. The molecule has 0 aliphatic carbocycles. The van der Waals surface area contributed by atoms with E-state index in [2.05, 4.69) is 5.32 Å². The van der Waals surface area contributed by atoms with Crippen molar-refractivity contribution in [3.8, 4) is 5.75 Å². The molecule has 116 valence electrons. The van der Waals surface area contributed by atoms with Gasteiger partial charge in [-0.3, -0.25) is 14.9 Å². The van der Waals surface area contributed by atoms with E-state index in [-0.39, 0.29) is 11.1 Å². The Kier molecular flexibility index (Phi) is 4.69. The van der Waals surface area contributed by atoms with E-state index in [1.807, 2.05) is 48.5 Å². The molecule has 0 radical (unpaired) electrons. The quantitative estimate of drug-likeness (QED) is 0.842. The number of halogens is 1. The number of carbonyl (C=O) groups is 2. The molecule has 6 heteroatoms. The van der Waals surface area contributed by atoms with Gasteiger partial charge in [-0.1, -0.05) is 35.9 Å². The molecule has 23 heavy (non-hydrogen) atoms. The molecule has 4 nitrogen and oxygen atoms in total. The Morgan fingerprint density at radius 3 is 2.35 bits per heavy atom. The van der Waals surface area contributed by atoms with E-state index in [0.717, 1.165) is 28.6 Å². The summed E-state index contributed by atoms with van der Waals surface area (Å²) in [6.45, 7) is 0.449. The Morgan fingerprint density at radius 1 is 1.04 bits per heavy atom. The number of carbonyl (C=O) groups excluding carboxylic acids is 2. The van der Waals surface area contributed by atoms with Gasteiger partial charge in [0, 0.05) is 5.02 Å². The van der Waals surface area contributed by atoms with Gasteiger partial charge in [-0.05, 0) is 53.2 Å². The number of nitrogens with one attached hydrogen (secondary N) is 1. The van der Waals surface area contributed by atoms with Gasteiger partial charge in [0.25, 0.3) is 11.1 Å². The van der Waals surface area contributed by atoms with Crippen LogP contribution in [0, 0.1) is 0 Å². The van der Waals surface area contributed by atoms with Gasteiger partial charge < -0.3 is 4.74 Å². The topological polar surface area (TPSA) is 55.4 Å². The second-order valence-electron chi connectivity index (χ2n) is 4.84. The fourth-order valence-corrected chi connectivity index (χ4v) is 2.79. The molecule has 1 fully saturated rings. The zero-order valence-corrected chi connectivity index (χ0v) is 13.5. The summed E-state index contributed by atoms with van der Waals surface area (Å²) >= 11 is 6.74. The molecule has 2 aromatic carbocycles. The standard InChI is InChI=1S/C17H12ClNO3S/c18-13-5-1-12(2-6-13)10-22-14-7-3-11(4-8-14)9-15-16(20)19-17(21)23-15/h1-9H,10H2,(H,19,20,21)/b15-9-. The average molecular weight is 346 g/mol. The lowest BCUT2D eigenvalue weighted by atomic mass is 10.2. The van der Waals surface area contributed by atoms with Crippen molar-refractivity contribution in [1.82, 2.24) is 5.32 Å². The molecule has 1 saturated heterocycles. The van der Waals surface area contributed by atoms with Gasteiger partial charge in [0.1, 0.15) is 12.4 Å². The Morgan fingerprint density at radius 2 is 1.74 bits per heavy atom. The number of amides is 2. The van der Waals surface area contributed by atoms with Crippen LogP contribution in [0.2, 0.25) is 5.02 Å². The van der Waals surface area contributed by atoms with Crippen LogP contribution < -0.4 is 10.1 Å². The molecule has 2 amide bonds. The van der Waals surface area contributed by atoms with Crippen LogP contribution in [0.15, 0.2) is 53.4 Å². The SMILES string of the molecule is O=C1NC(=O)/C(=C/c2ccc(OCc3ccc(Cl)cc3)cc2)S1. The highest BCUT2D eigenvalue weighted by atomic mass is 35.5. The van der Waals surface area contributed by atoms with Crippen molar-refractivity contribution >= 4 is 40.6 Å². The third-order valence-corrected chi connectivity index (χ3v) is 4.20. The van der Waals surface area contributed by atoms with Crippen LogP contribution in [0.3, 0.4) is 0 Å². The Bertz CT molecular complexity index is 769.